The molecule has 0 radical (unpaired) electrons. The van der Waals surface area contributed by atoms with E-state index >= 15 is 0 Å². The monoisotopic (exact) mass is 397 g/mol. The number of rotatable bonds is 7. The number of carboxylic acids is 1. The van der Waals surface area contributed by atoms with Gasteiger partial charge in [0.2, 0.25) is 11.7 Å². The van der Waals surface area contributed by atoms with Crippen LogP contribution in [0.15, 0.2) is 28.8 Å². The fourth-order valence-electron chi connectivity index (χ4n) is 4.24. The first kappa shape index (κ1) is 19.8. The van der Waals surface area contributed by atoms with Crippen molar-refractivity contribution >= 4 is 11.8 Å². The van der Waals surface area contributed by atoms with Crippen LogP contribution < -0.4 is 0 Å². The normalized spacial score (nSPS) is 23.1. The Labute approximate surface area is 170 Å². The summed E-state index contributed by atoms with van der Waals surface area (Å²) >= 11 is 0. The van der Waals surface area contributed by atoms with Crippen LogP contribution in [0.25, 0.3) is 11.4 Å². The van der Waals surface area contributed by atoms with Crippen molar-refractivity contribution in [3.05, 3.63) is 35.7 Å². The number of aliphatic carboxylic acids is 1. The molecule has 1 saturated heterocycles. The van der Waals surface area contributed by atoms with Crippen LogP contribution in [0.3, 0.4) is 0 Å². The van der Waals surface area contributed by atoms with E-state index in [-0.39, 0.29) is 11.3 Å². The second-order valence-electron chi connectivity index (χ2n) is 8.63. The molecule has 4 rings (SSSR count). The number of ketones is 1. The van der Waals surface area contributed by atoms with E-state index in [2.05, 4.69) is 22.0 Å². The third-order valence-electron chi connectivity index (χ3n) is 6.34. The van der Waals surface area contributed by atoms with Gasteiger partial charge in [-0.15, -0.1) is 0 Å². The number of nitrogens with zero attached hydrogens (tertiary/aromatic N) is 3. The molecule has 1 aromatic heterocycles. The summed E-state index contributed by atoms with van der Waals surface area (Å²) < 4.78 is 5.41. The van der Waals surface area contributed by atoms with Crippen molar-refractivity contribution in [2.75, 3.05) is 13.1 Å². The highest BCUT2D eigenvalue weighted by Gasteiger charge is 2.35. The molecular formula is C22H27N3O4. The smallest absolute Gasteiger partial charge is 0.309 e. The molecule has 29 heavy (non-hydrogen) atoms. The van der Waals surface area contributed by atoms with Gasteiger partial charge < -0.3 is 9.63 Å². The van der Waals surface area contributed by atoms with Gasteiger partial charge in [-0.05, 0) is 24.8 Å². The van der Waals surface area contributed by atoms with Gasteiger partial charge in [0, 0.05) is 43.5 Å². The van der Waals surface area contributed by atoms with Crippen molar-refractivity contribution in [1.82, 2.24) is 15.0 Å². The highest BCUT2D eigenvalue weighted by molar-refractivity contribution is 5.85. The molecule has 0 amide bonds. The Balaban J connectivity index is 1.32. The van der Waals surface area contributed by atoms with Crippen molar-refractivity contribution in [3.8, 4) is 11.4 Å². The van der Waals surface area contributed by atoms with E-state index in [0.717, 1.165) is 43.4 Å². The molecule has 1 aromatic carbocycles. The van der Waals surface area contributed by atoms with Gasteiger partial charge in [-0.3, -0.25) is 14.5 Å². The van der Waals surface area contributed by atoms with Crippen LogP contribution in [0.2, 0.25) is 0 Å². The van der Waals surface area contributed by atoms with Crippen molar-refractivity contribution in [2.45, 2.75) is 52.0 Å². The van der Waals surface area contributed by atoms with Gasteiger partial charge in [0.05, 0.1) is 5.92 Å². The van der Waals surface area contributed by atoms with E-state index in [1.165, 1.54) is 0 Å². The first-order valence-corrected chi connectivity index (χ1v) is 10.3. The highest BCUT2D eigenvalue weighted by Crippen LogP contribution is 2.36. The summed E-state index contributed by atoms with van der Waals surface area (Å²) in [4.78, 5) is 29.8. The summed E-state index contributed by atoms with van der Waals surface area (Å²) in [6.45, 7) is 4.01. The first-order chi connectivity index (χ1) is 13.9. The third-order valence-corrected chi connectivity index (χ3v) is 6.34. The number of carbonyl (C=O) groups is 2. The standard InChI is InChI=1S/C22H27N3O4/c1-22(10-3-2-4-18(22)26)11-9-19-23-20(24-29-19)16-7-5-15(6-8-16)12-25-13-17(14-25)21(27)28/h5-8,17H,2-4,9-14H2,1H3,(H,27,28)/t22-/m1/s1. The molecule has 1 atom stereocenters. The highest BCUT2D eigenvalue weighted by atomic mass is 16.5. The summed E-state index contributed by atoms with van der Waals surface area (Å²) in [5.74, 6) is 0.533. The second kappa shape index (κ2) is 8.06. The number of carboxylic acid groups (broad SMARTS) is 1. The van der Waals surface area contributed by atoms with E-state index in [0.29, 0.717) is 43.4 Å². The molecule has 2 fully saturated rings. The number of aromatic nitrogens is 2. The quantitative estimate of drug-likeness (QED) is 0.765. The van der Waals surface area contributed by atoms with E-state index < -0.39 is 5.97 Å². The predicted octanol–water partition coefficient (Wildman–Crippen LogP) is 3.34. The molecule has 2 aromatic rings. The fraction of sp³-hybridized carbons (Fsp3) is 0.545. The summed E-state index contributed by atoms with van der Waals surface area (Å²) in [7, 11) is 0. The molecule has 1 N–H and O–H groups in total. The van der Waals surface area contributed by atoms with Gasteiger partial charge >= 0.3 is 5.97 Å². The zero-order valence-electron chi connectivity index (χ0n) is 16.8. The number of aryl methyl sites for hydroxylation is 1. The van der Waals surface area contributed by atoms with Crippen LogP contribution in [0.4, 0.5) is 0 Å². The van der Waals surface area contributed by atoms with Crippen LogP contribution in [0, 0.1) is 11.3 Å². The lowest BCUT2D eigenvalue weighted by molar-refractivity contribution is -0.147. The number of benzene rings is 1. The van der Waals surface area contributed by atoms with Crippen LogP contribution in [0.5, 0.6) is 0 Å². The number of hydrogen-bond acceptors (Lipinski definition) is 6. The number of likely N-dealkylation sites (tertiary alicyclic amines) is 1. The van der Waals surface area contributed by atoms with Crippen LogP contribution in [-0.2, 0) is 22.6 Å². The van der Waals surface area contributed by atoms with Gasteiger partial charge in [0.15, 0.2) is 0 Å². The molecule has 2 aliphatic rings. The van der Waals surface area contributed by atoms with Gasteiger partial charge in [-0.1, -0.05) is 42.8 Å². The van der Waals surface area contributed by atoms with Gasteiger partial charge in [0.25, 0.3) is 0 Å². The van der Waals surface area contributed by atoms with Gasteiger partial charge in [0.1, 0.15) is 5.78 Å². The number of Topliss-reactive ketones (excluding diaryl/α,β-unsaturated/α-hetero) is 1. The van der Waals surface area contributed by atoms with E-state index in [1.807, 2.05) is 24.3 Å². The Hall–Kier alpha value is -2.54. The SMILES string of the molecule is C[C@]1(CCc2nc(-c3ccc(CN4CC(C(=O)O)C4)cc3)no2)CCCCC1=O. The zero-order valence-corrected chi connectivity index (χ0v) is 16.8. The van der Waals surface area contributed by atoms with Gasteiger partial charge in [-0.2, -0.15) is 4.98 Å². The largest absolute Gasteiger partial charge is 0.481 e. The molecule has 7 heteroatoms. The van der Waals surface area contributed by atoms with Crippen molar-refractivity contribution < 1.29 is 19.2 Å². The number of carbonyl (C=O) groups excluding carboxylic acids is 1. The van der Waals surface area contributed by atoms with Crippen LogP contribution in [-0.4, -0.2) is 45.0 Å². The summed E-state index contributed by atoms with van der Waals surface area (Å²) in [6, 6.07) is 7.96. The Kier molecular flexibility index (Phi) is 5.50. The minimum Gasteiger partial charge on any atom is -0.481 e. The average molecular weight is 397 g/mol. The molecule has 0 unspecified atom stereocenters. The molecule has 2 heterocycles. The lowest BCUT2D eigenvalue weighted by Crippen LogP contribution is -2.49. The fourth-order valence-corrected chi connectivity index (χ4v) is 4.24. The zero-order chi connectivity index (χ0) is 20.4. The van der Waals surface area contributed by atoms with E-state index in [1.54, 1.807) is 0 Å². The lowest BCUT2D eigenvalue weighted by Gasteiger charge is -2.36. The van der Waals surface area contributed by atoms with Crippen LogP contribution >= 0.6 is 0 Å². The molecule has 0 spiro atoms. The second-order valence-corrected chi connectivity index (χ2v) is 8.63. The Morgan fingerprint density at radius 1 is 1.28 bits per heavy atom. The third kappa shape index (κ3) is 4.40. The predicted molar refractivity (Wildman–Crippen MR) is 106 cm³/mol. The molecule has 154 valence electrons. The minimum atomic E-state index is -0.716. The summed E-state index contributed by atoms with van der Waals surface area (Å²) in [6.07, 6.45) is 5.11. The van der Waals surface area contributed by atoms with Crippen molar-refractivity contribution in [3.63, 3.8) is 0 Å². The minimum absolute atomic E-state index is 0.238. The van der Waals surface area contributed by atoms with Crippen molar-refractivity contribution in [2.24, 2.45) is 11.3 Å². The lowest BCUT2D eigenvalue weighted by atomic mass is 9.72. The molecule has 1 aliphatic heterocycles. The number of hydrogen-bond donors (Lipinski definition) is 1. The van der Waals surface area contributed by atoms with Gasteiger partial charge in [-0.25, -0.2) is 0 Å². The summed E-state index contributed by atoms with van der Waals surface area (Å²) in [5, 5.41) is 13.0. The topological polar surface area (TPSA) is 96.5 Å². The van der Waals surface area contributed by atoms with Crippen molar-refractivity contribution in [1.29, 1.82) is 0 Å². The molecular weight excluding hydrogens is 370 g/mol. The summed E-state index contributed by atoms with van der Waals surface area (Å²) in [5.41, 5.74) is 1.76. The molecule has 1 saturated carbocycles. The maximum atomic E-state index is 12.3. The Morgan fingerprint density at radius 2 is 2.03 bits per heavy atom. The molecule has 0 bridgehead atoms. The maximum Gasteiger partial charge on any atom is 0.309 e. The Morgan fingerprint density at radius 3 is 2.72 bits per heavy atom. The molecule has 1 aliphatic carbocycles. The Bertz CT molecular complexity index is 886. The van der Waals surface area contributed by atoms with E-state index in [4.69, 9.17) is 9.63 Å². The van der Waals surface area contributed by atoms with Crippen LogP contribution in [0.1, 0.15) is 50.5 Å². The first-order valence-electron chi connectivity index (χ1n) is 10.3. The maximum absolute atomic E-state index is 12.3. The molecule has 7 nitrogen and oxygen atoms in total. The average Bonchev–Trinajstić information content (AvgIpc) is 3.15. The van der Waals surface area contributed by atoms with E-state index in [9.17, 15) is 9.59 Å².